The van der Waals surface area contributed by atoms with Crippen molar-refractivity contribution in [1.82, 2.24) is 4.90 Å². The van der Waals surface area contributed by atoms with E-state index in [0.717, 1.165) is 26.2 Å². The third-order valence-corrected chi connectivity index (χ3v) is 3.36. The van der Waals surface area contributed by atoms with E-state index in [0.29, 0.717) is 19.2 Å². The fourth-order valence-corrected chi connectivity index (χ4v) is 1.89. The van der Waals surface area contributed by atoms with Gasteiger partial charge in [-0.2, -0.15) is 0 Å². The third kappa shape index (κ3) is 3.14. The second kappa shape index (κ2) is 5.80. The molecule has 15 heavy (non-hydrogen) atoms. The van der Waals surface area contributed by atoms with E-state index in [9.17, 15) is 0 Å². The van der Waals surface area contributed by atoms with E-state index < -0.39 is 0 Å². The molecule has 0 bridgehead atoms. The molecule has 1 fully saturated rings. The van der Waals surface area contributed by atoms with Gasteiger partial charge in [0, 0.05) is 25.8 Å². The lowest BCUT2D eigenvalue weighted by Gasteiger charge is -2.41. The van der Waals surface area contributed by atoms with E-state index in [2.05, 4.69) is 18.9 Å². The van der Waals surface area contributed by atoms with E-state index in [1.54, 1.807) is 0 Å². The first-order chi connectivity index (χ1) is 7.14. The van der Waals surface area contributed by atoms with Crippen LogP contribution >= 0.6 is 0 Å². The number of rotatable bonds is 6. The fraction of sp³-hybridized carbons (Fsp3) is 1.00. The van der Waals surface area contributed by atoms with Crippen molar-refractivity contribution in [3.8, 4) is 0 Å². The maximum atomic E-state index is 5.85. The minimum Gasteiger partial charge on any atom is -0.380 e. The average molecular weight is 216 g/mol. The summed E-state index contributed by atoms with van der Waals surface area (Å²) in [5.41, 5.74) is 5.78. The zero-order chi connectivity index (χ0) is 11.3. The normalized spacial score (nSPS) is 25.8. The predicted octanol–water partition coefficient (Wildman–Crippen LogP) is 0.461. The standard InChI is InChI=1S/C11H24N2O2/c1-4-14-9-11(2,8-12)13(3)10-5-6-15-7-10/h10H,4-9,12H2,1-3H3. The van der Waals surface area contributed by atoms with Crippen LogP contribution in [0.5, 0.6) is 0 Å². The van der Waals surface area contributed by atoms with E-state index in [1.807, 2.05) is 6.92 Å². The van der Waals surface area contributed by atoms with Crippen LogP contribution in [0.3, 0.4) is 0 Å². The second-order valence-corrected chi connectivity index (χ2v) is 4.47. The van der Waals surface area contributed by atoms with Crippen molar-refractivity contribution in [2.45, 2.75) is 31.8 Å². The Kier molecular flexibility index (Phi) is 4.99. The van der Waals surface area contributed by atoms with Gasteiger partial charge < -0.3 is 15.2 Å². The molecule has 1 heterocycles. The van der Waals surface area contributed by atoms with Crippen LogP contribution in [0.25, 0.3) is 0 Å². The molecule has 4 heteroatoms. The van der Waals surface area contributed by atoms with Gasteiger partial charge in [-0.25, -0.2) is 0 Å². The summed E-state index contributed by atoms with van der Waals surface area (Å²) in [4.78, 5) is 2.32. The van der Waals surface area contributed by atoms with Crippen molar-refractivity contribution < 1.29 is 9.47 Å². The zero-order valence-electron chi connectivity index (χ0n) is 10.2. The summed E-state index contributed by atoms with van der Waals surface area (Å²) in [5.74, 6) is 0. The molecule has 0 saturated carbocycles. The highest BCUT2D eigenvalue weighted by atomic mass is 16.5. The SMILES string of the molecule is CCOCC(C)(CN)N(C)C1CCOC1. The summed E-state index contributed by atoms with van der Waals surface area (Å²) in [6.45, 7) is 7.89. The monoisotopic (exact) mass is 216 g/mol. The maximum Gasteiger partial charge on any atom is 0.0659 e. The molecular formula is C11H24N2O2. The van der Waals surface area contributed by atoms with Crippen molar-refractivity contribution >= 4 is 0 Å². The Morgan fingerprint density at radius 3 is 2.80 bits per heavy atom. The van der Waals surface area contributed by atoms with Crippen LogP contribution in [0, 0.1) is 0 Å². The van der Waals surface area contributed by atoms with Gasteiger partial charge in [0.25, 0.3) is 0 Å². The molecule has 0 radical (unpaired) electrons. The summed E-state index contributed by atoms with van der Waals surface area (Å²) in [7, 11) is 2.12. The Labute approximate surface area is 92.7 Å². The molecule has 1 rings (SSSR count). The first-order valence-electron chi connectivity index (χ1n) is 5.72. The van der Waals surface area contributed by atoms with Gasteiger partial charge in [-0.1, -0.05) is 0 Å². The summed E-state index contributed by atoms with van der Waals surface area (Å²) < 4.78 is 10.9. The molecule has 0 aromatic heterocycles. The minimum absolute atomic E-state index is 0.0750. The molecule has 2 unspecified atom stereocenters. The van der Waals surface area contributed by atoms with Gasteiger partial charge >= 0.3 is 0 Å². The highest BCUT2D eigenvalue weighted by Gasteiger charge is 2.34. The molecule has 4 nitrogen and oxygen atoms in total. The van der Waals surface area contributed by atoms with Crippen molar-refractivity contribution in [1.29, 1.82) is 0 Å². The van der Waals surface area contributed by atoms with Crippen LogP contribution < -0.4 is 5.73 Å². The number of nitrogens with zero attached hydrogens (tertiary/aromatic N) is 1. The molecule has 2 N–H and O–H groups in total. The van der Waals surface area contributed by atoms with Gasteiger partial charge in [-0.15, -0.1) is 0 Å². The Balaban J connectivity index is 2.53. The van der Waals surface area contributed by atoms with Gasteiger partial charge in [0.1, 0.15) is 0 Å². The van der Waals surface area contributed by atoms with Crippen molar-refractivity contribution in [3.05, 3.63) is 0 Å². The molecule has 1 aliphatic heterocycles. The lowest BCUT2D eigenvalue weighted by Crippen LogP contribution is -2.57. The fourth-order valence-electron chi connectivity index (χ4n) is 1.89. The first kappa shape index (κ1) is 12.9. The first-order valence-corrected chi connectivity index (χ1v) is 5.72. The lowest BCUT2D eigenvalue weighted by molar-refractivity contribution is 0.000201. The Hall–Kier alpha value is -0.160. The molecule has 0 aliphatic carbocycles. The molecule has 0 aromatic rings. The van der Waals surface area contributed by atoms with Crippen LogP contribution in [0.4, 0.5) is 0 Å². The highest BCUT2D eigenvalue weighted by Crippen LogP contribution is 2.20. The molecule has 0 spiro atoms. The Morgan fingerprint density at radius 2 is 2.33 bits per heavy atom. The summed E-state index contributed by atoms with van der Waals surface area (Å²) >= 11 is 0. The number of ether oxygens (including phenoxy) is 2. The predicted molar refractivity (Wildman–Crippen MR) is 60.9 cm³/mol. The summed E-state index contributed by atoms with van der Waals surface area (Å²) in [6, 6.07) is 0.485. The van der Waals surface area contributed by atoms with Crippen molar-refractivity contribution in [3.63, 3.8) is 0 Å². The van der Waals surface area contributed by atoms with Crippen LogP contribution in [-0.2, 0) is 9.47 Å². The lowest BCUT2D eigenvalue weighted by atomic mass is 9.99. The van der Waals surface area contributed by atoms with Gasteiger partial charge in [-0.3, -0.25) is 4.90 Å². The zero-order valence-corrected chi connectivity index (χ0v) is 10.2. The average Bonchev–Trinajstić information content (AvgIpc) is 2.78. The van der Waals surface area contributed by atoms with Crippen LogP contribution in [0.15, 0.2) is 0 Å². The molecule has 0 amide bonds. The van der Waals surface area contributed by atoms with Gasteiger partial charge in [0.15, 0.2) is 0 Å². The van der Waals surface area contributed by atoms with Crippen LogP contribution in [0.1, 0.15) is 20.3 Å². The Morgan fingerprint density at radius 1 is 1.60 bits per heavy atom. The summed E-state index contributed by atoms with van der Waals surface area (Å²) in [5, 5.41) is 0. The highest BCUT2D eigenvalue weighted by molar-refractivity contribution is 4.90. The largest absolute Gasteiger partial charge is 0.380 e. The number of hydrogen-bond donors (Lipinski definition) is 1. The van der Waals surface area contributed by atoms with Crippen molar-refractivity contribution in [2.24, 2.45) is 5.73 Å². The van der Waals surface area contributed by atoms with Gasteiger partial charge in [-0.05, 0) is 27.3 Å². The number of hydrogen-bond acceptors (Lipinski definition) is 4. The van der Waals surface area contributed by atoms with Crippen molar-refractivity contribution in [2.75, 3.05) is 40.0 Å². The summed E-state index contributed by atoms with van der Waals surface area (Å²) in [6.07, 6.45) is 1.10. The second-order valence-electron chi connectivity index (χ2n) is 4.47. The van der Waals surface area contributed by atoms with Gasteiger partial charge in [0.05, 0.1) is 18.8 Å². The number of likely N-dealkylation sites (N-methyl/N-ethyl adjacent to an activating group) is 1. The maximum absolute atomic E-state index is 5.85. The van der Waals surface area contributed by atoms with Gasteiger partial charge in [0.2, 0.25) is 0 Å². The topological polar surface area (TPSA) is 47.7 Å². The van der Waals surface area contributed by atoms with E-state index in [4.69, 9.17) is 15.2 Å². The molecule has 0 aromatic carbocycles. The van der Waals surface area contributed by atoms with Crippen LogP contribution in [-0.4, -0.2) is 56.5 Å². The molecule has 1 aliphatic rings. The van der Waals surface area contributed by atoms with E-state index >= 15 is 0 Å². The van der Waals surface area contributed by atoms with E-state index in [-0.39, 0.29) is 5.54 Å². The quantitative estimate of drug-likeness (QED) is 0.701. The molecule has 90 valence electrons. The number of nitrogens with two attached hydrogens (primary N) is 1. The molecule has 2 atom stereocenters. The molecular weight excluding hydrogens is 192 g/mol. The third-order valence-electron chi connectivity index (χ3n) is 3.36. The Bertz CT molecular complexity index is 183. The smallest absolute Gasteiger partial charge is 0.0659 e. The molecule has 1 saturated heterocycles. The van der Waals surface area contributed by atoms with Crippen LogP contribution in [0.2, 0.25) is 0 Å². The van der Waals surface area contributed by atoms with E-state index in [1.165, 1.54) is 0 Å². The minimum atomic E-state index is -0.0750.